The summed E-state index contributed by atoms with van der Waals surface area (Å²) >= 11 is 0. The maximum absolute atomic E-state index is 2.00. The van der Waals surface area contributed by atoms with Crippen LogP contribution in [0.5, 0.6) is 0 Å². The normalized spacial score (nSPS) is 6.15. The average molecular weight is 422 g/mol. The number of hydrogen-bond acceptors (Lipinski definition) is 0. The van der Waals surface area contributed by atoms with Crippen molar-refractivity contribution in [2.45, 2.75) is 0 Å². The molecule has 0 amide bonds. The van der Waals surface area contributed by atoms with Crippen molar-refractivity contribution in [3.63, 3.8) is 0 Å². The molecule has 0 fully saturated rings. The number of halogens is 1. The summed E-state index contributed by atoms with van der Waals surface area (Å²) in [6.07, 6.45) is 0. The topological polar surface area (TPSA) is 0 Å². The van der Waals surface area contributed by atoms with Crippen LogP contribution in [0, 0.1) is 0 Å². The summed E-state index contributed by atoms with van der Waals surface area (Å²) < 4.78 is 0. The van der Waals surface area contributed by atoms with Gasteiger partial charge in [0.15, 0.2) is 0 Å². The Balaban J connectivity index is -0.000000125. The Labute approximate surface area is 117 Å². The monoisotopic (exact) mass is 423 g/mol. The quantitative estimate of drug-likeness (QED) is 0.408. The van der Waals surface area contributed by atoms with E-state index in [9.17, 15) is 0 Å². The molecule has 2 rings (SSSR count). The van der Waals surface area contributed by atoms with Crippen molar-refractivity contribution in [1.82, 2.24) is 0 Å². The summed E-state index contributed by atoms with van der Waals surface area (Å²) in [4.78, 5) is 0. The predicted molar refractivity (Wildman–Crippen MR) is 44.1 cm³/mol. The van der Waals surface area contributed by atoms with Crippen molar-refractivity contribution in [3.8, 4) is 0 Å². The Kier molecular flexibility index (Phi) is 21.9. The van der Waals surface area contributed by atoms with Gasteiger partial charge in [0.05, 0.1) is 0 Å². The van der Waals surface area contributed by atoms with E-state index in [-0.39, 0.29) is 57.1 Å². The van der Waals surface area contributed by atoms with Crippen LogP contribution >= 0.6 is 0 Å². The molecule has 0 unspecified atom stereocenters. The molecule has 0 aliphatic heterocycles. The van der Waals surface area contributed by atoms with E-state index in [1.54, 1.807) is 0 Å². The van der Waals surface area contributed by atoms with Crippen LogP contribution in [0.4, 0.5) is 0 Å². The van der Waals surface area contributed by atoms with Gasteiger partial charge < -0.3 is 12.4 Å². The molecule has 0 spiro atoms. The summed E-state index contributed by atoms with van der Waals surface area (Å²) in [6, 6.07) is 20.0. The second kappa shape index (κ2) is 14.9. The zero-order valence-electron chi connectivity index (χ0n) is 7.21. The number of hydrogen-bond donors (Lipinski definition) is 0. The molecular weight excluding hydrogens is 412 g/mol. The van der Waals surface area contributed by atoms with Crippen molar-refractivity contribution in [3.05, 3.63) is 60.7 Å². The Bertz CT molecular complexity index is 154. The van der Waals surface area contributed by atoms with Crippen LogP contribution in [0.2, 0.25) is 0 Å². The summed E-state index contributed by atoms with van der Waals surface area (Å²) in [5.41, 5.74) is 0. The van der Waals surface area contributed by atoms with Gasteiger partial charge in [-0.3, -0.25) is 0 Å². The van der Waals surface area contributed by atoms with Crippen LogP contribution < -0.4 is 12.4 Å². The van der Waals surface area contributed by atoms with Crippen LogP contribution in [0.15, 0.2) is 60.7 Å². The predicted octanol–water partition coefficient (Wildman–Crippen LogP) is -0.190. The fraction of sp³-hybridized carbons (Fsp3) is 0. The fourth-order valence-electron chi connectivity index (χ4n) is 0.642. The third-order valence-corrected chi connectivity index (χ3v) is 1.11. The Morgan fingerprint density at radius 1 is 0.615 bits per heavy atom. The minimum absolute atomic E-state index is 0. The van der Waals surface area contributed by atoms with E-state index in [4.69, 9.17) is 0 Å². The summed E-state index contributed by atoms with van der Waals surface area (Å²) in [6.45, 7) is 0. The third-order valence-electron chi connectivity index (χ3n) is 1.11. The third kappa shape index (κ3) is 12.4. The van der Waals surface area contributed by atoms with Gasteiger partial charge in [0.25, 0.3) is 0 Å². The van der Waals surface area contributed by atoms with Crippen molar-refractivity contribution in [1.29, 1.82) is 0 Å². The molecule has 0 aliphatic carbocycles. The van der Waals surface area contributed by atoms with Gasteiger partial charge in [-0.15, -0.1) is 0 Å². The van der Waals surface area contributed by atoms with Gasteiger partial charge in [-0.25, -0.2) is 24.3 Å². The molecule has 0 atom stereocenters. The molecule has 2 aromatic carbocycles. The fourth-order valence-corrected chi connectivity index (χ4v) is 0.642. The molecular formula is C10H10ClFeHg. The van der Waals surface area contributed by atoms with Crippen LogP contribution in [-0.4, -0.2) is 0 Å². The average Bonchev–Trinajstić information content (AvgIpc) is 2.67. The van der Waals surface area contributed by atoms with Crippen molar-refractivity contribution in [2.24, 2.45) is 0 Å². The first kappa shape index (κ1) is 19.1. The Hall–Kier alpha value is 0.445. The SMILES string of the molecule is [Cl-].[Fe+2].[Hg+].c1cc[cH-]c1.c1cc[cH-]c1. The van der Waals surface area contributed by atoms with Crippen LogP contribution in [0.3, 0.4) is 0 Å². The van der Waals surface area contributed by atoms with Crippen molar-refractivity contribution >= 4 is 0 Å². The first-order valence-electron chi connectivity index (χ1n) is 3.33. The molecule has 2 aromatic rings. The first-order chi connectivity index (χ1) is 5.00. The molecule has 1 radical (unpaired) electrons. The molecule has 0 N–H and O–H groups in total. The van der Waals surface area contributed by atoms with Crippen LogP contribution in [0.1, 0.15) is 0 Å². The van der Waals surface area contributed by atoms with E-state index < -0.39 is 0 Å². The maximum Gasteiger partial charge on any atom is 2.00 e. The zero-order chi connectivity index (χ0) is 7.07. The van der Waals surface area contributed by atoms with Crippen LogP contribution in [-0.2, 0) is 44.7 Å². The minimum atomic E-state index is 0. The molecule has 0 heterocycles. The molecule has 3 heteroatoms. The molecule has 0 aromatic heterocycles. The molecule has 0 nitrogen and oxygen atoms in total. The summed E-state index contributed by atoms with van der Waals surface area (Å²) in [5, 5.41) is 0. The molecule has 13 heavy (non-hydrogen) atoms. The molecule has 67 valence electrons. The Morgan fingerprint density at radius 3 is 0.923 bits per heavy atom. The van der Waals surface area contributed by atoms with Gasteiger partial charge in [-0.2, -0.15) is 36.4 Å². The van der Waals surface area contributed by atoms with E-state index in [1.165, 1.54) is 0 Å². The van der Waals surface area contributed by atoms with E-state index in [0.717, 1.165) is 0 Å². The number of rotatable bonds is 0. The maximum atomic E-state index is 2.00. The standard InChI is InChI=1S/2C5H5.ClH.Fe.Hg/c2*1-2-4-5-3-1;;;/h2*1-5H;1H;;/q2*-1;;+2;+1/p-1. The smallest absolute Gasteiger partial charge is 1.00 e. The zero-order valence-corrected chi connectivity index (χ0v) is 14.6. The van der Waals surface area contributed by atoms with Crippen molar-refractivity contribution in [2.75, 3.05) is 0 Å². The molecule has 0 bridgehead atoms. The van der Waals surface area contributed by atoms with Crippen LogP contribution in [0.25, 0.3) is 0 Å². The first-order valence-corrected chi connectivity index (χ1v) is 3.33. The van der Waals surface area contributed by atoms with Gasteiger partial charge in [-0.05, 0) is 0 Å². The minimum Gasteiger partial charge on any atom is -1.00 e. The second-order valence-corrected chi connectivity index (χ2v) is 1.92. The summed E-state index contributed by atoms with van der Waals surface area (Å²) in [5.74, 6) is 0. The second-order valence-electron chi connectivity index (χ2n) is 1.92. The van der Waals surface area contributed by atoms with E-state index >= 15 is 0 Å². The van der Waals surface area contributed by atoms with E-state index in [0.29, 0.717) is 0 Å². The summed E-state index contributed by atoms with van der Waals surface area (Å²) in [7, 11) is 0. The van der Waals surface area contributed by atoms with E-state index in [1.807, 2.05) is 60.7 Å². The molecule has 0 saturated carbocycles. The van der Waals surface area contributed by atoms with E-state index in [2.05, 4.69) is 0 Å². The van der Waals surface area contributed by atoms with Gasteiger partial charge in [0.2, 0.25) is 0 Å². The van der Waals surface area contributed by atoms with Gasteiger partial charge in [0.1, 0.15) is 0 Å². The van der Waals surface area contributed by atoms with Gasteiger partial charge >= 0.3 is 44.7 Å². The van der Waals surface area contributed by atoms with Gasteiger partial charge in [-0.1, -0.05) is 0 Å². The molecule has 0 saturated heterocycles. The molecule has 0 aliphatic rings. The van der Waals surface area contributed by atoms with Crippen molar-refractivity contribution < 1.29 is 57.1 Å². The largest absolute Gasteiger partial charge is 2.00 e. The Morgan fingerprint density at radius 2 is 0.846 bits per heavy atom. The van der Waals surface area contributed by atoms with Gasteiger partial charge in [0, 0.05) is 0 Å².